The summed E-state index contributed by atoms with van der Waals surface area (Å²) in [5, 5.41) is 5.56. The number of alkyl halides is 3. The van der Waals surface area contributed by atoms with E-state index in [4.69, 9.17) is 5.73 Å². The lowest BCUT2D eigenvalue weighted by atomic mass is 10.1. The Morgan fingerprint density at radius 2 is 1.87 bits per heavy atom. The molecule has 1 amide bonds. The van der Waals surface area contributed by atoms with Gasteiger partial charge in [0.1, 0.15) is 17.8 Å². The molecule has 2 aromatic rings. The lowest BCUT2D eigenvalue weighted by Crippen LogP contribution is -2.24. The second-order valence-corrected chi connectivity index (χ2v) is 6.39. The highest BCUT2D eigenvalue weighted by Gasteiger charge is 2.32. The number of pyridine rings is 1. The number of primary amides is 1. The fourth-order valence-corrected chi connectivity index (χ4v) is 2.34. The van der Waals surface area contributed by atoms with Gasteiger partial charge in [-0.05, 0) is 24.5 Å². The van der Waals surface area contributed by atoms with Crippen molar-refractivity contribution in [2.45, 2.75) is 46.3 Å². The molecule has 0 aliphatic heterocycles. The zero-order valence-electron chi connectivity index (χ0n) is 17.1. The number of nitrogens with zero attached hydrogens (tertiary/aromatic N) is 3. The Bertz CT molecular complexity index is 841. The standard InChI is InChI=1S/C17H19F3N6O2.C2H6/c1-9(2)5-11(8-27)24-13-7-23-14(15(21)28)16(26-13)25-10-3-4-12(22-6-10)17(18,19)20;1-2/h3-4,6-9,11H,5H2,1-2H3,(H2,21,28)(H2,24,25,26);1-2H3/t11-;/m1./s1. The number of halogens is 3. The molecule has 0 unspecified atom stereocenters. The van der Waals surface area contributed by atoms with Gasteiger partial charge in [0.15, 0.2) is 11.5 Å². The average molecular weight is 426 g/mol. The fraction of sp³-hybridized carbons (Fsp3) is 0.421. The third-order valence-corrected chi connectivity index (χ3v) is 3.55. The number of carbonyl (C=O) groups is 2. The molecule has 30 heavy (non-hydrogen) atoms. The van der Waals surface area contributed by atoms with Crippen LogP contribution >= 0.6 is 0 Å². The van der Waals surface area contributed by atoms with E-state index in [-0.39, 0.29) is 28.9 Å². The van der Waals surface area contributed by atoms with Gasteiger partial charge in [0, 0.05) is 0 Å². The average Bonchev–Trinajstić information content (AvgIpc) is 2.68. The van der Waals surface area contributed by atoms with Crippen molar-refractivity contribution in [1.29, 1.82) is 0 Å². The van der Waals surface area contributed by atoms with Crippen molar-refractivity contribution >= 4 is 29.5 Å². The number of rotatable bonds is 8. The molecule has 0 aromatic carbocycles. The van der Waals surface area contributed by atoms with Gasteiger partial charge in [0.2, 0.25) is 0 Å². The molecule has 4 N–H and O–H groups in total. The van der Waals surface area contributed by atoms with E-state index in [0.29, 0.717) is 6.42 Å². The van der Waals surface area contributed by atoms with Gasteiger partial charge in [-0.1, -0.05) is 27.7 Å². The van der Waals surface area contributed by atoms with E-state index in [0.717, 1.165) is 24.6 Å². The van der Waals surface area contributed by atoms with Crippen LogP contribution < -0.4 is 16.4 Å². The lowest BCUT2D eigenvalue weighted by molar-refractivity contribution is -0.141. The zero-order chi connectivity index (χ0) is 22.9. The van der Waals surface area contributed by atoms with Crippen LogP contribution in [0.25, 0.3) is 0 Å². The Morgan fingerprint density at radius 3 is 2.33 bits per heavy atom. The predicted molar refractivity (Wildman–Crippen MR) is 107 cm³/mol. The summed E-state index contributed by atoms with van der Waals surface area (Å²) in [5.41, 5.74) is 4.15. The highest BCUT2D eigenvalue weighted by Crippen LogP contribution is 2.28. The van der Waals surface area contributed by atoms with Crippen LogP contribution in [0.3, 0.4) is 0 Å². The van der Waals surface area contributed by atoms with Gasteiger partial charge < -0.3 is 21.2 Å². The van der Waals surface area contributed by atoms with Crippen molar-refractivity contribution in [3.8, 4) is 0 Å². The molecule has 8 nitrogen and oxygen atoms in total. The molecule has 0 radical (unpaired) electrons. The Hall–Kier alpha value is -3.24. The van der Waals surface area contributed by atoms with E-state index in [2.05, 4.69) is 25.6 Å². The third-order valence-electron chi connectivity index (χ3n) is 3.55. The highest BCUT2D eigenvalue weighted by atomic mass is 19.4. The molecule has 0 saturated carbocycles. The van der Waals surface area contributed by atoms with Crippen LogP contribution in [0.1, 0.15) is 50.3 Å². The number of aldehydes is 1. The van der Waals surface area contributed by atoms with E-state index in [1.54, 1.807) is 0 Å². The van der Waals surface area contributed by atoms with Crippen LogP contribution in [0.2, 0.25) is 0 Å². The Morgan fingerprint density at radius 1 is 1.20 bits per heavy atom. The summed E-state index contributed by atoms with van der Waals surface area (Å²) < 4.78 is 37.8. The smallest absolute Gasteiger partial charge is 0.364 e. The van der Waals surface area contributed by atoms with Crippen LogP contribution in [0, 0.1) is 5.92 Å². The quantitative estimate of drug-likeness (QED) is 0.549. The van der Waals surface area contributed by atoms with Gasteiger partial charge in [-0.15, -0.1) is 0 Å². The topological polar surface area (TPSA) is 123 Å². The van der Waals surface area contributed by atoms with Gasteiger partial charge in [-0.3, -0.25) is 4.79 Å². The number of hydrogen-bond acceptors (Lipinski definition) is 7. The molecule has 11 heteroatoms. The molecule has 0 fully saturated rings. The maximum absolute atomic E-state index is 12.6. The minimum atomic E-state index is -4.57. The van der Waals surface area contributed by atoms with Crippen LogP contribution in [-0.4, -0.2) is 33.2 Å². The minimum absolute atomic E-state index is 0.0757. The first kappa shape index (κ1) is 24.8. The number of anilines is 3. The molecule has 2 heterocycles. The van der Waals surface area contributed by atoms with E-state index < -0.39 is 23.8 Å². The summed E-state index contributed by atoms with van der Waals surface area (Å²) in [7, 11) is 0. The van der Waals surface area contributed by atoms with Gasteiger partial charge in [-0.25, -0.2) is 15.0 Å². The second kappa shape index (κ2) is 11.1. The molecule has 0 aliphatic rings. The molecule has 0 bridgehead atoms. The molecule has 0 aliphatic carbocycles. The number of nitrogens with two attached hydrogens (primary N) is 1. The largest absolute Gasteiger partial charge is 0.433 e. The van der Waals surface area contributed by atoms with Crippen LogP contribution in [0.5, 0.6) is 0 Å². The third kappa shape index (κ3) is 7.30. The summed E-state index contributed by atoms with van der Waals surface area (Å²) >= 11 is 0. The molecule has 164 valence electrons. The van der Waals surface area contributed by atoms with Crippen molar-refractivity contribution in [3.05, 3.63) is 35.9 Å². The first-order chi connectivity index (χ1) is 14.1. The number of hydrogen-bond donors (Lipinski definition) is 3. The summed E-state index contributed by atoms with van der Waals surface area (Å²) in [5.74, 6) is -0.509. The van der Waals surface area contributed by atoms with Gasteiger partial charge >= 0.3 is 6.18 Å². The van der Waals surface area contributed by atoms with Gasteiger partial charge in [-0.2, -0.15) is 13.2 Å². The second-order valence-electron chi connectivity index (χ2n) is 6.39. The van der Waals surface area contributed by atoms with Crippen molar-refractivity contribution in [2.75, 3.05) is 10.6 Å². The van der Waals surface area contributed by atoms with Gasteiger partial charge in [0.25, 0.3) is 5.91 Å². The van der Waals surface area contributed by atoms with Crippen LogP contribution in [-0.2, 0) is 11.0 Å². The highest BCUT2D eigenvalue weighted by molar-refractivity contribution is 5.96. The molecule has 2 rings (SSSR count). The molecular weight excluding hydrogens is 401 g/mol. The first-order valence-corrected chi connectivity index (χ1v) is 9.29. The van der Waals surface area contributed by atoms with E-state index >= 15 is 0 Å². The summed E-state index contributed by atoms with van der Waals surface area (Å²) in [4.78, 5) is 34.2. The monoisotopic (exact) mass is 426 g/mol. The number of nitrogens with one attached hydrogen (secondary N) is 2. The van der Waals surface area contributed by atoms with Crippen molar-refractivity contribution in [2.24, 2.45) is 11.7 Å². The summed E-state index contributed by atoms with van der Waals surface area (Å²) in [6, 6.07) is 1.40. The first-order valence-electron chi connectivity index (χ1n) is 9.29. The maximum Gasteiger partial charge on any atom is 0.433 e. The van der Waals surface area contributed by atoms with E-state index in [9.17, 15) is 22.8 Å². The van der Waals surface area contributed by atoms with Crippen molar-refractivity contribution < 1.29 is 22.8 Å². The maximum atomic E-state index is 12.6. The SMILES string of the molecule is CC.CC(C)C[C@H](C=O)Nc1cnc(C(N)=O)c(Nc2ccc(C(F)(F)F)nc2)n1. The number of carbonyl (C=O) groups excluding carboxylic acids is 2. The normalized spacial score (nSPS) is 11.9. The summed E-state index contributed by atoms with van der Waals surface area (Å²) in [6.07, 6.45) is -1.10. The lowest BCUT2D eigenvalue weighted by Gasteiger charge is -2.16. The van der Waals surface area contributed by atoms with Gasteiger partial charge in [0.05, 0.1) is 24.1 Å². The van der Waals surface area contributed by atoms with Crippen molar-refractivity contribution in [3.63, 3.8) is 0 Å². The fourth-order valence-electron chi connectivity index (χ4n) is 2.34. The molecular formula is C19H25F3N6O2. The molecule has 1 atom stereocenters. The van der Waals surface area contributed by atoms with Crippen molar-refractivity contribution in [1.82, 2.24) is 15.0 Å². The Labute approximate surface area is 172 Å². The van der Waals surface area contributed by atoms with E-state index in [1.165, 1.54) is 6.20 Å². The number of amides is 1. The molecule has 2 aromatic heterocycles. The van der Waals surface area contributed by atoms with E-state index in [1.807, 2.05) is 27.7 Å². The zero-order valence-corrected chi connectivity index (χ0v) is 17.1. The van der Waals surface area contributed by atoms with Crippen LogP contribution in [0.4, 0.5) is 30.5 Å². The molecule has 0 spiro atoms. The Balaban J connectivity index is 0.00000218. The molecule has 0 saturated heterocycles. The predicted octanol–water partition coefficient (Wildman–Crippen LogP) is 3.78. The Kier molecular flexibility index (Phi) is 9.16. The minimum Gasteiger partial charge on any atom is -0.364 e. The summed E-state index contributed by atoms with van der Waals surface area (Å²) in [6.45, 7) is 7.90. The van der Waals surface area contributed by atoms with Crippen LogP contribution in [0.15, 0.2) is 24.5 Å². The number of aromatic nitrogens is 3.